The molecule has 1 aliphatic heterocycles. The molecule has 0 unspecified atom stereocenters. The lowest BCUT2D eigenvalue weighted by atomic mass is 9.88. The fourth-order valence-corrected chi connectivity index (χ4v) is 3.74. The Bertz CT molecular complexity index is 904. The van der Waals surface area contributed by atoms with E-state index < -0.39 is 0 Å². The van der Waals surface area contributed by atoms with Crippen molar-refractivity contribution in [2.24, 2.45) is 4.99 Å². The Labute approximate surface area is 162 Å². The minimum atomic E-state index is 0.0289. The largest absolute Gasteiger partial charge is 0.362 e. The molecule has 3 nitrogen and oxygen atoms in total. The van der Waals surface area contributed by atoms with Gasteiger partial charge in [0.25, 0.3) is 0 Å². The lowest BCUT2D eigenvalue weighted by molar-refractivity contribution is 0.101. The third-order valence-corrected chi connectivity index (χ3v) is 5.09. The molecule has 1 heterocycles. The fraction of sp³-hybridized carbons (Fsp3) is 0.333. The van der Waals surface area contributed by atoms with E-state index in [0.29, 0.717) is 5.56 Å². The summed E-state index contributed by atoms with van der Waals surface area (Å²) >= 11 is 0. The number of anilines is 1. The maximum atomic E-state index is 11.4. The minimum absolute atomic E-state index is 0.0289. The van der Waals surface area contributed by atoms with Crippen molar-refractivity contribution in [1.29, 1.82) is 0 Å². The molecule has 0 saturated heterocycles. The van der Waals surface area contributed by atoms with Crippen molar-refractivity contribution in [2.45, 2.75) is 46.6 Å². The summed E-state index contributed by atoms with van der Waals surface area (Å²) in [5.41, 5.74) is 6.54. The summed E-state index contributed by atoms with van der Waals surface area (Å²) in [7, 11) is 0. The number of hydrogen-bond acceptors (Lipinski definition) is 3. The molecule has 27 heavy (non-hydrogen) atoms. The van der Waals surface area contributed by atoms with Gasteiger partial charge in [0.2, 0.25) is 0 Å². The van der Waals surface area contributed by atoms with Crippen LogP contribution in [-0.4, -0.2) is 24.1 Å². The maximum Gasteiger partial charge on any atom is 0.159 e. The van der Waals surface area contributed by atoms with Gasteiger partial charge in [0, 0.05) is 29.6 Å². The number of rotatable bonds is 5. The Hall–Kier alpha value is -2.68. The predicted octanol–water partition coefficient (Wildman–Crippen LogP) is 6.05. The van der Waals surface area contributed by atoms with E-state index in [9.17, 15) is 4.79 Å². The lowest BCUT2D eigenvalue weighted by Gasteiger charge is -2.43. The van der Waals surface area contributed by atoms with Crippen molar-refractivity contribution in [3.63, 3.8) is 0 Å². The van der Waals surface area contributed by atoms with Crippen molar-refractivity contribution in [2.75, 3.05) is 11.4 Å². The Balaban J connectivity index is 1.89. The number of allylic oxidation sites excluding steroid dienone is 1. The first-order valence-electron chi connectivity index (χ1n) is 9.58. The van der Waals surface area contributed by atoms with Crippen molar-refractivity contribution in [3.05, 3.63) is 65.2 Å². The standard InChI is InChI=1S/C24H28N2O/c1-6-13-26-23-12-7-19(14-22(23)17(2)15-24(26,4)5)16-25-21-10-8-20(9-11-21)18(3)27/h7-12,14-16H,6,13H2,1-5H3. The second kappa shape index (κ2) is 7.51. The molecule has 0 spiro atoms. The molecule has 3 heteroatoms. The summed E-state index contributed by atoms with van der Waals surface area (Å²) in [6.45, 7) is 11.6. The van der Waals surface area contributed by atoms with Crippen molar-refractivity contribution in [3.8, 4) is 0 Å². The second-order valence-electron chi connectivity index (χ2n) is 7.77. The molecule has 0 aromatic heterocycles. The quantitative estimate of drug-likeness (QED) is 0.480. The topological polar surface area (TPSA) is 32.7 Å². The van der Waals surface area contributed by atoms with Crippen molar-refractivity contribution < 1.29 is 4.79 Å². The molecule has 3 rings (SSSR count). The van der Waals surface area contributed by atoms with Gasteiger partial charge in [-0.2, -0.15) is 0 Å². The van der Waals surface area contributed by atoms with Crippen LogP contribution in [0.4, 0.5) is 11.4 Å². The minimum Gasteiger partial charge on any atom is -0.362 e. The Morgan fingerprint density at radius 2 is 1.85 bits per heavy atom. The summed E-state index contributed by atoms with van der Waals surface area (Å²) < 4.78 is 0. The van der Waals surface area contributed by atoms with E-state index in [1.54, 1.807) is 6.92 Å². The highest BCUT2D eigenvalue weighted by molar-refractivity contribution is 5.94. The SMILES string of the molecule is CCCN1c2ccc(C=Nc3ccc(C(C)=O)cc3)cc2C(C)=CC1(C)C. The van der Waals surface area contributed by atoms with Crippen LogP contribution in [0.3, 0.4) is 0 Å². The number of aliphatic imine (C=N–C) groups is 1. The average molecular weight is 361 g/mol. The highest BCUT2D eigenvalue weighted by Crippen LogP contribution is 2.39. The van der Waals surface area contributed by atoms with Gasteiger partial charge in [-0.3, -0.25) is 9.79 Å². The van der Waals surface area contributed by atoms with E-state index in [1.165, 1.54) is 16.8 Å². The Kier molecular flexibility index (Phi) is 5.31. The second-order valence-corrected chi connectivity index (χ2v) is 7.77. The van der Waals surface area contributed by atoms with Gasteiger partial charge < -0.3 is 4.90 Å². The lowest BCUT2D eigenvalue weighted by Crippen LogP contribution is -2.45. The highest BCUT2D eigenvalue weighted by Gasteiger charge is 2.30. The first-order chi connectivity index (χ1) is 12.8. The molecule has 0 bridgehead atoms. The number of ketones is 1. The zero-order valence-corrected chi connectivity index (χ0v) is 16.9. The van der Waals surface area contributed by atoms with Crippen molar-refractivity contribution in [1.82, 2.24) is 0 Å². The van der Waals surface area contributed by atoms with E-state index in [1.807, 2.05) is 30.5 Å². The van der Waals surface area contributed by atoms with Gasteiger partial charge in [0.1, 0.15) is 0 Å². The maximum absolute atomic E-state index is 11.4. The molecular weight excluding hydrogens is 332 g/mol. The Morgan fingerprint density at radius 3 is 2.48 bits per heavy atom. The van der Waals surface area contributed by atoms with E-state index in [4.69, 9.17) is 0 Å². The summed E-state index contributed by atoms with van der Waals surface area (Å²) in [5, 5.41) is 0. The fourth-order valence-electron chi connectivity index (χ4n) is 3.74. The first-order valence-corrected chi connectivity index (χ1v) is 9.58. The average Bonchev–Trinajstić information content (AvgIpc) is 2.63. The summed E-state index contributed by atoms with van der Waals surface area (Å²) in [5.74, 6) is 0.0713. The number of Topliss-reactive ketones (excluding diaryl/α,β-unsaturated/α-hetero) is 1. The van der Waals surface area contributed by atoms with E-state index >= 15 is 0 Å². The number of hydrogen-bond donors (Lipinski definition) is 0. The number of carbonyl (C=O) groups is 1. The molecule has 1 aliphatic rings. The van der Waals surface area contributed by atoms with Gasteiger partial charge >= 0.3 is 0 Å². The molecular formula is C24H28N2O. The van der Waals surface area contributed by atoms with Crippen LogP contribution in [-0.2, 0) is 0 Å². The number of benzene rings is 2. The number of carbonyl (C=O) groups excluding carboxylic acids is 1. The van der Waals surface area contributed by atoms with Crippen LogP contribution in [0.25, 0.3) is 5.57 Å². The first kappa shape index (κ1) is 19.1. The molecule has 0 saturated carbocycles. The smallest absolute Gasteiger partial charge is 0.159 e. The van der Waals surface area contributed by atoms with Crippen LogP contribution in [0.15, 0.2) is 53.5 Å². The van der Waals surface area contributed by atoms with Gasteiger partial charge in [-0.05, 0) is 81.7 Å². The van der Waals surface area contributed by atoms with Crippen LogP contribution in [0.5, 0.6) is 0 Å². The zero-order valence-electron chi connectivity index (χ0n) is 16.9. The Morgan fingerprint density at radius 1 is 1.15 bits per heavy atom. The number of nitrogens with zero attached hydrogens (tertiary/aromatic N) is 2. The normalized spacial score (nSPS) is 15.6. The highest BCUT2D eigenvalue weighted by atomic mass is 16.1. The predicted molar refractivity (Wildman–Crippen MR) is 116 cm³/mol. The van der Waals surface area contributed by atoms with Crippen LogP contribution in [0.1, 0.15) is 62.5 Å². The van der Waals surface area contributed by atoms with E-state index in [0.717, 1.165) is 24.2 Å². The van der Waals surface area contributed by atoms with Gasteiger partial charge in [-0.1, -0.05) is 19.1 Å². The number of fused-ring (bicyclic) bond motifs is 1. The summed E-state index contributed by atoms with van der Waals surface area (Å²) in [6, 6.07) is 13.9. The monoisotopic (exact) mass is 360 g/mol. The molecule has 0 fully saturated rings. The molecule has 0 atom stereocenters. The molecule has 2 aromatic rings. The zero-order chi connectivity index (χ0) is 19.6. The van der Waals surface area contributed by atoms with Gasteiger partial charge in [-0.25, -0.2) is 0 Å². The summed E-state index contributed by atoms with van der Waals surface area (Å²) in [6.07, 6.45) is 5.36. The van der Waals surface area contributed by atoms with Gasteiger partial charge in [0.05, 0.1) is 11.2 Å². The molecule has 0 radical (unpaired) electrons. The molecule has 140 valence electrons. The van der Waals surface area contributed by atoms with E-state index in [-0.39, 0.29) is 11.3 Å². The molecule has 0 aliphatic carbocycles. The van der Waals surface area contributed by atoms with Crippen molar-refractivity contribution >= 4 is 28.9 Å². The van der Waals surface area contributed by atoms with E-state index in [2.05, 4.69) is 61.9 Å². The van der Waals surface area contributed by atoms with Crippen LogP contribution in [0.2, 0.25) is 0 Å². The molecule has 2 aromatic carbocycles. The van der Waals surface area contributed by atoms with Crippen LogP contribution < -0.4 is 4.90 Å². The summed E-state index contributed by atoms with van der Waals surface area (Å²) in [4.78, 5) is 18.4. The molecule has 0 N–H and O–H groups in total. The third-order valence-electron chi connectivity index (χ3n) is 5.09. The van der Waals surface area contributed by atoms with Gasteiger partial charge in [0.15, 0.2) is 5.78 Å². The van der Waals surface area contributed by atoms with Gasteiger partial charge in [-0.15, -0.1) is 0 Å². The van der Waals surface area contributed by atoms with Crippen LogP contribution in [0, 0.1) is 0 Å². The van der Waals surface area contributed by atoms with Crippen LogP contribution >= 0.6 is 0 Å². The third kappa shape index (κ3) is 4.02. The molecule has 0 amide bonds.